The van der Waals surface area contributed by atoms with Gasteiger partial charge in [0.25, 0.3) is 0 Å². The molecule has 1 heterocycles. The molecule has 0 aliphatic carbocycles. The van der Waals surface area contributed by atoms with Gasteiger partial charge in [0.2, 0.25) is 0 Å². The Morgan fingerprint density at radius 2 is 2.17 bits per heavy atom. The molecule has 1 aliphatic heterocycles. The van der Waals surface area contributed by atoms with Gasteiger partial charge in [-0.1, -0.05) is 23.7 Å². The van der Waals surface area contributed by atoms with Crippen LogP contribution in [0.25, 0.3) is 0 Å². The van der Waals surface area contributed by atoms with Crippen LogP contribution in [0, 0.1) is 6.92 Å². The smallest absolute Gasteiger partial charge is 0.139 e. The predicted molar refractivity (Wildman–Crippen MR) is 52.9 cm³/mol. The summed E-state index contributed by atoms with van der Waals surface area (Å²) in [5, 5.41) is 0. The van der Waals surface area contributed by atoms with Crippen LogP contribution < -0.4 is 5.46 Å². The summed E-state index contributed by atoms with van der Waals surface area (Å²) in [4.78, 5) is 0. The molecule has 0 spiro atoms. The van der Waals surface area contributed by atoms with E-state index in [2.05, 4.69) is 33.0 Å². The molecule has 2 rings (SSSR count). The summed E-state index contributed by atoms with van der Waals surface area (Å²) < 4.78 is 5.18. The Hall–Kier alpha value is -0.755. The Bertz CT molecular complexity index is 292. The average molecular weight is 160 g/mol. The van der Waals surface area contributed by atoms with Gasteiger partial charge < -0.3 is 4.74 Å². The molecule has 1 aromatic carbocycles. The van der Waals surface area contributed by atoms with Crippen LogP contribution in [0.15, 0.2) is 18.2 Å². The van der Waals surface area contributed by atoms with Gasteiger partial charge in [0.1, 0.15) is 7.85 Å². The summed E-state index contributed by atoms with van der Waals surface area (Å²) in [5.74, 6) is 0.657. The van der Waals surface area contributed by atoms with E-state index in [0.29, 0.717) is 5.92 Å². The molecule has 62 valence electrons. The minimum Gasteiger partial charge on any atom is -0.380 e. The second-order valence-corrected chi connectivity index (χ2v) is 3.59. The van der Waals surface area contributed by atoms with Gasteiger partial charge in [-0.05, 0) is 18.1 Å². The third-order valence-electron chi connectivity index (χ3n) is 2.51. The monoisotopic (exact) mass is 160 g/mol. The Labute approximate surface area is 74.2 Å². The van der Waals surface area contributed by atoms with Crippen molar-refractivity contribution in [2.24, 2.45) is 0 Å². The first kappa shape index (κ1) is 7.87. The molecule has 0 atom stereocenters. The predicted octanol–water partition coefficient (Wildman–Crippen LogP) is 0.367. The van der Waals surface area contributed by atoms with Crippen LogP contribution in [0.1, 0.15) is 17.0 Å². The molecule has 0 N–H and O–H groups in total. The summed E-state index contributed by atoms with van der Waals surface area (Å²) in [7, 11) is 2.14. The Morgan fingerprint density at radius 1 is 1.42 bits per heavy atom. The minimum absolute atomic E-state index is 0.657. The molecule has 12 heavy (non-hydrogen) atoms. The van der Waals surface area contributed by atoms with Crippen molar-refractivity contribution in [1.82, 2.24) is 0 Å². The highest BCUT2D eigenvalue weighted by Crippen LogP contribution is 2.25. The van der Waals surface area contributed by atoms with Gasteiger partial charge in [0.05, 0.1) is 13.2 Å². The zero-order chi connectivity index (χ0) is 8.55. The largest absolute Gasteiger partial charge is 0.380 e. The van der Waals surface area contributed by atoms with E-state index in [9.17, 15) is 0 Å². The second kappa shape index (κ2) is 2.94. The van der Waals surface area contributed by atoms with Gasteiger partial charge in [-0.3, -0.25) is 0 Å². The topological polar surface area (TPSA) is 9.23 Å². The van der Waals surface area contributed by atoms with E-state index in [1.165, 1.54) is 16.6 Å². The molecule has 0 saturated carbocycles. The molecule has 1 aliphatic rings. The number of ether oxygens (including phenoxy) is 1. The molecule has 2 heteroatoms. The van der Waals surface area contributed by atoms with Crippen LogP contribution in [-0.4, -0.2) is 21.1 Å². The van der Waals surface area contributed by atoms with Gasteiger partial charge >= 0.3 is 0 Å². The normalized spacial score (nSPS) is 17.4. The highest BCUT2D eigenvalue weighted by molar-refractivity contribution is 6.32. The summed E-state index contributed by atoms with van der Waals surface area (Å²) in [6.07, 6.45) is 0. The molecule has 0 aromatic heterocycles. The lowest BCUT2D eigenvalue weighted by atomic mass is 9.86. The van der Waals surface area contributed by atoms with Crippen molar-refractivity contribution in [1.29, 1.82) is 0 Å². The number of hydrogen-bond donors (Lipinski definition) is 0. The van der Waals surface area contributed by atoms with Gasteiger partial charge in [-0.25, -0.2) is 0 Å². The fourth-order valence-electron chi connectivity index (χ4n) is 1.61. The second-order valence-electron chi connectivity index (χ2n) is 3.59. The van der Waals surface area contributed by atoms with Crippen LogP contribution >= 0.6 is 0 Å². The highest BCUT2D eigenvalue weighted by atomic mass is 16.5. The third-order valence-corrected chi connectivity index (χ3v) is 2.51. The molecule has 0 unspecified atom stereocenters. The summed E-state index contributed by atoms with van der Waals surface area (Å²) >= 11 is 0. The lowest BCUT2D eigenvalue weighted by Gasteiger charge is -2.28. The van der Waals surface area contributed by atoms with E-state index in [1.54, 1.807) is 0 Å². The molecule has 1 fully saturated rings. The van der Waals surface area contributed by atoms with Crippen molar-refractivity contribution in [3.8, 4) is 0 Å². The van der Waals surface area contributed by atoms with E-state index in [1.807, 2.05) is 0 Å². The van der Waals surface area contributed by atoms with Crippen LogP contribution in [-0.2, 0) is 4.74 Å². The molecule has 1 nitrogen and oxygen atoms in total. The molecule has 0 amide bonds. The molecule has 1 saturated heterocycles. The summed E-state index contributed by atoms with van der Waals surface area (Å²) in [6, 6.07) is 6.64. The van der Waals surface area contributed by atoms with Crippen LogP contribution in [0.4, 0.5) is 0 Å². The number of hydrogen-bond acceptors (Lipinski definition) is 1. The Kier molecular flexibility index (Phi) is 1.93. The lowest BCUT2D eigenvalue weighted by molar-refractivity contribution is 0.00820. The zero-order valence-corrected chi connectivity index (χ0v) is 7.63. The quantitative estimate of drug-likeness (QED) is 0.539. The fraction of sp³-hybridized carbons (Fsp3) is 0.400. The van der Waals surface area contributed by atoms with Crippen molar-refractivity contribution in [2.45, 2.75) is 12.8 Å². The van der Waals surface area contributed by atoms with Crippen molar-refractivity contribution >= 4 is 13.3 Å². The number of benzene rings is 1. The van der Waals surface area contributed by atoms with Crippen molar-refractivity contribution in [3.63, 3.8) is 0 Å². The Morgan fingerprint density at radius 3 is 2.75 bits per heavy atom. The van der Waals surface area contributed by atoms with Crippen molar-refractivity contribution in [3.05, 3.63) is 29.3 Å². The summed E-state index contributed by atoms with van der Waals surface area (Å²) in [6.45, 7) is 3.99. The third kappa shape index (κ3) is 1.27. The van der Waals surface area contributed by atoms with Gasteiger partial charge in [0, 0.05) is 5.92 Å². The van der Waals surface area contributed by atoms with E-state index >= 15 is 0 Å². The first-order valence-corrected chi connectivity index (χ1v) is 4.42. The van der Waals surface area contributed by atoms with Crippen LogP contribution in [0.2, 0.25) is 0 Å². The maximum atomic E-state index is 5.18. The average Bonchev–Trinajstić information content (AvgIpc) is 1.93. The van der Waals surface area contributed by atoms with Gasteiger partial charge in [0.15, 0.2) is 0 Å². The first-order chi connectivity index (χ1) is 5.77. The SMILES string of the molecule is Bc1ccc(C)c(C2COC2)c1. The van der Waals surface area contributed by atoms with E-state index < -0.39 is 0 Å². The maximum Gasteiger partial charge on any atom is 0.139 e. The number of rotatable bonds is 1. The van der Waals surface area contributed by atoms with Crippen LogP contribution in [0.5, 0.6) is 0 Å². The minimum atomic E-state index is 0.657. The molecular weight excluding hydrogens is 147 g/mol. The zero-order valence-electron chi connectivity index (χ0n) is 7.63. The van der Waals surface area contributed by atoms with Crippen molar-refractivity contribution < 1.29 is 4.74 Å². The van der Waals surface area contributed by atoms with Crippen LogP contribution in [0.3, 0.4) is 0 Å². The van der Waals surface area contributed by atoms with E-state index in [-0.39, 0.29) is 0 Å². The van der Waals surface area contributed by atoms with Gasteiger partial charge in [-0.2, -0.15) is 0 Å². The number of aryl methyl sites for hydroxylation is 1. The molecule has 0 radical (unpaired) electrons. The first-order valence-electron chi connectivity index (χ1n) is 4.42. The fourth-order valence-corrected chi connectivity index (χ4v) is 1.61. The van der Waals surface area contributed by atoms with E-state index in [0.717, 1.165) is 13.2 Å². The molecule has 1 aromatic rings. The molecule has 0 bridgehead atoms. The summed E-state index contributed by atoms with van der Waals surface area (Å²) in [5.41, 5.74) is 4.22. The lowest BCUT2D eigenvalue weighted by Crippen LogP contribution is -2.26. The van der Waals surface area contributed by atoms with Gasteiger partial charge in [-0.15, -0.1) is 0 Å². The van der Waals surface area contributed by atoms with Crippen molar-refractivity contribution in [2.75, 3.05) is 13.2 Å². The molecular formula is C10H13BO. The standard InChI is InChI=1S/C10H13BO/c1-7-2-3-9(11)4-10(7)8-5-12-6-8/h2-4,8H,5-6,11H2,1H3. The van der Waals surface area contributed by atoms with E-state index in [4.69, 9.17) is 4.74 Å². The Balaban J connectivity index is 2.34. The maximum absolute atomic E-state index is 5.18. The highest BCUT2D eigenvalue weighted by Gasteiger charge is 2.21.